The lowest BCUT2D eigenvalue weighted by Gasteiger charge is -2.30. The number of ether oxygens (including phenoxy) is 2. The van der Waals surface area contributed by atoms with Gasteiger partial charge in [0, 0.05) is 12.5 Å². The predicted molar refractivity (Wildman–Crippen MR) is 116 cm³/mol. The number of rotatable bonds is 4. The summed E-state index contributed by atoms with van der Waals surface area (Å²) in [5.74, 6) is 1.61. The van der Waals surface area contributed by atoms with Crippen LogP contribution in [-0.2, 0) is 4.79 Å². The fraction of sp³-hybridized carbons (Fsp3) is 0.273. The molecule has 2 aromatic carbocycles. The number of carbonyl (C=O) groups is 1. The Morgan fingerprint density at radius 3 is 2.77 bits per heavy atom. The number of hydrogen-bond acceptors (Lipinski definition) is 7. The zero-order valence-electron chi connectivity index (χ0n) is 17.2. The van der Waals surface area contributed by atoms with Gasteiger partial charge in [-0.1, -0.05) is 42.4 Å². The Balaban J connectivity index is 1.99. The average molecular weight is 423 g/mol. The number of methoxy groups -OCH3 is 1. The fourth-order valence-electron chi connectivity index (χ4n) is 3.48. The summed E-state index contributed by atoms with van der Waals surface area (Å²) in [5.41, 5.74) is 3.71. The predicted octanol–water partition coefficient (Wildman–Crippen LogP) is 4.41. The van der Waals surface area contributed by atoms with E-state index >= 15 is 0 Å². The smallest absolute Gasteiger partial charge is 0.247 e. The van der Waals surface area contributed by atoms with Crippen molar-refractivity contribution >= 4 is 23.4 Å². The maximum Gasteiger partial charge on any atom is 0.247 e. The van der Waals surface area contributed by atoms with E-state index in [1.54, 1.807) is 12.0 Å². The molecule has 2 heterocycles. The summed E-state index contributed by atoms with van der Waals surface area (Å²) in [5, 5.41) is 9.19. The molecule has 0 radical (unpaired) electrons. The molecule has 0 spiro atoms. The van der Waals surface area contributed by atoms with Crippen LogP contribution in [0.1, 0.15) is 31.2 Å². The molecule has 1 amide bonds. The van der Waals surface area contributed by atoms with Gasteiger partial charge in [0.1, 0.15) is 5.75 Å². The zero-order valence-corrected chi connectivity index (χ0v) is 18.1. The van der Waals surface area contributed by atoms with E-state index in [1.807, 2.05) is 56.3 Å². The van der Waals surface area contributed by atoms with E-state index < -0.39 is 6.23 Å². The second-order valence-electron chi connectivity index (χ2n) is 6.80. The Hall–Kier alpha value is -3.13. The van der Waals surface area contributed by atoms with Crippen molar-refractivity contribution in [2.75, 3.05) is 17.8 Å². The van der Waals surface area contributed by atoms with E-state index in [0.717, 1.165) is 22.4 Å². The lowest BCUT2D eigenvalue weighted by molar-refractivity contribution is -0.118. The average Bonchev–Trinajstić information content (AvgIpc) is 2.88. The molecule has 1 aliphatic heterocycles. The summed E-state index contributed by atoms with van der Waals surface area (Å²) < 4.78 is 11.9. The van der Waals surface area contributed by atoms with Gasteiger partial charge in [-0.2, -0.15) is 4.98 Å². The monoisotopic (exact) mass is 422 g/mol. The van der Waals surface area contributed by atoms with E-state index in [9.17, 15) is 4.79 Å². The molecule has 0 unspecified atom stereocenters. The molecule has 0 bridgehead atoms. The summed E-state index contributed by atoms with van der Waals surface area (Å²) in [7, 11) is 1.60. The van der Waals surface area contributed by atoms with Crippen molar-refractivity contribution < 1.29 is 14.3 Å². The number of benzene rings is 2. The summed E-state index contributed by atoms with van der Waals surface area (Å²) in [6, 6.07) is 13.3. The van der Waals surface area contributed by atoms with Gasteiger partial charge in [0.2, 0.25) is 23.2 Å². The van der Waals surface area contributed by atoms with Gasteiger partial charge in [0.15, 0.2) is 5.69 Å². The third kappa shape index (κ3) is 3.59. The highest BCUT2D eigenvalue weighted by atomic mass is 32.2. The maximum absolute atomic E-state index is 12.8. The minimum atomic E-state index is -0.766. The molecule has 1 aliphatic rings. The van der Waals surface area contributed by atoms with Gasteiger partial charge in [-0.15, -0.1) is 10.2 Å². The van der Waals surface area contributed by atoms with E-state index in [-0.39, 0.29) is 5.91 Å². The summed E-state index contributed by atoms with van der Waals surface area (Å²) in [6.45, 7) is 5.53. The number of aryl methyl sites for hydroxylation is 1. The Kier molecular flexibility index (Phi) is 5.59. The van der Waals surface area contributed by atoms with Crippen LogP contribution in [0, 0.1) is 6.92 Å². The van der Waals surface area contributed by atoms with Crippen LogP contribution in [0.2, 0.25) is 0 Å². The summed E-state index contributed by atoms with van der Waals surface area (Å²) in [4.78, 5) is 19.1. The first kappa shape index (κ1) is 20.2. The molecule has 0 aliphatic carbocycles. The molecule has 8 heteroatoms. The lowest BCUT2D eigenvalue weighted by atomic mass is 10.0. The maximum atomic E-state index is 12.8. The van der Waals surface area contributed by atoms with Gasteiger partial charge in [-0.05, 0) is 36.9 Å². The first-order valence-electron chi connectivity index (χ1n) is 9.61. The molecule has 1 atom stereocenters. The fourth-order valence-corrected chi connectivity index (χ4v) is 3.99. The zero-order chi connectivity index (χ0) is 21.3. The molecule has 30 heavy (non-hydrogen) atoms. The number of carbonyl (C=O) groups excluding carboxylic acids is 1. The molecule has 1 aromatic heterocycles. The van der Waals surface area contributed by atoms with Gasteiger partial charge >= 0.3 is 0 Å². The standard InChI is InChI=1S/C22H22N4O3S/c1-5-30-22-23-20-19(24-25-22)16-12-13(2)10-11-17(16)26(14(3)27)21(29-20)15-8-6-7-9-18(15)28-4/h6-12,21H,5H2,1-4H3/t21-/m1/s1. The Bertz CT molecular complexity index is 1110. The Morgan fingerprint density at radius 1 is 1.23 bits per heavy atom. The first-order valence-corrected chi connectivity index (χ1v) is 10.6. The van der Waals surface area contributed by atoms with E-state index in [4.69, 9.17) is 9.47 Å². The molecule has 154 valence electrons. The van der Waals surface area contributed by atoms with Crippen LogP contribution in [0.15, 0.2) is 47.6 Å². The van der Waals surface area contributed by atoms with Crippen LogP contribution < -0.4 is 14.4 Å². The number of nitrogens with zero attached hydrogens (tertiary/aromatic N) is 4. The topological polar surface area (TPSA) is 77.4 Å². The normalized spacial score (nSPS) is 14.9. The van der Waals surface area contributed by atoms with Gasteiger partial charge in [0.05, 0.1) is 18.4 Å². The second kappa shape index (κ2) is 8.31. The highest BCUT2D eigenvalue weighted by molar-refractivity contribution is 7.99. The highest BCUT2D eigenvalue weighted by Crippen LogP contribution is 2.45. The molecule has 0 saturated carbocycles. The molecular weight excluding hydrogens is 400 g/mol. The quantitative estimate of drug-likeness (QED) is 0.576. The molecule has 0 saturated heterocycles. The first-order chi connectivity index (χ1) is 14.5. The van der Waals surface area contributed by atoms with E-state index in [1.165, 1.54) is 18.7 Å². The van der Waals surface area contributed by atoms with Gasteiger partial charge in [-0.3, -0.25) is 9.69 Å². The number of anilines is 1. The van der Waals surface area contributed by atoms with Crippen molar-refractivity contribution in [3.63, 3.8) is 0 Å². The van der Waals surface area contributed by atoms with Crippen LogP contribution in [-0.4, -0.2) is 34.0 Å². The van der Waals surface area contributed by atoms with Crippen LogP contribution in [0.3, 0.4) is 0 Å². The van der Waals surface area contributed by atoms with Gasteiger partial charge in [-0.25, -0.2) is 0 Å². The van der Waals surface area contributed by atoms with Crippen molar-refractivity contribution in [3.05, 3.63) is 53.6 Å². The van der Waals surface area contributed by atoms with Crippen LogP contribution >= 0.6 is 11.8 Å². The van der Waals surface area contributed by atoms with Gasteiger partial charge < -0.3 is 9.47 Å². The number of amides is 1. The Morgan fingerprint density at radius 2 is 2.03 bits per heavy atom. The van der Waals surface area contributed by atoms with Crippen molar-refractivity contribution in [2.45, 2.75) is 32.2 Å². The van der Waals surface area contributed by atoms with Crippen molar-refractivity contribution in [1.82, 2.24) is 15.2 Å². The van der Waals surface area contributed by atoms with Crippen molar-refractivity contribution in [3.8, 4) is 22.9 Å². The van der Waals surface area contributed by atoms with Crippen LogP contribution in [0.5, 0.6) is 11.6 Å². The van der Waals surface area contributed by atoms with Gasteiger partial charge in [0.25, 0.3) is 0 Å². The molecule has 7 nitrogen and oxygen atoms in total. The van der Waals surface area contributed by atoms with E-state index in [0.29, 0.717) is 28.2 Å². The lowest BCUT2D eigenvalue weighted by Crippen LogP contribution is -2.36. The van der Waals surface area contributed by atoms with Crippen LogP contribution in [0.4, 0.5) is 5.69 Å². The minimum absolute atomic E-state index is 0.167. The van der Waals surface area contributed by atoms with Crippen LogP contribution in [0.25, 0.3) is 11.3 Å². The molecular formula is C22H22N4O3S. The number of fused-ring (bicyclic) bond motifs is 3. The summed E-state index contributed by atoms with van der Waals surface area (Å²) in [6.07, 6.45) is -0.766. The molecule has 4 rings (SSSR count). The largest absolute Gasteiger partial charge is 0.496 e. The highest BCUT2D eigenvalue weighted by Gasteiger charge is 2.36. The minimum Gasteiger partial charge on any atom is -0.496 e. The third-order valence-corrected chi connectivity index (χ3v) is 5.50. The van der Waals surface area contributed by atoms with E-state index in [2.05, 4.69) is 15.2 Å². The van der Waals surface area contributed by atoms with Crippen molar-refractivity contribution in [1.29, 1.82) is 0 Å². The summed E-state index contributed by atoms with van der Waals surface area (Å²) >= 11 is 1.48. The molecule has 3 aromatic rings. The Labute approximate surface area is 179 Å². The number of aromatic nitrogens is 3. The van der Waals surface area contributed by atoms with Crippen molar-refractivity contribution in [2.24, 2.45) is 0 Å². The second-order valence-corrected chi connectivity index (χ2v) is 8.03. The molecule has 0 N–H and O–H groups in total. The SMILES string of the molecule is CCSc1nnc2c(n1)O[C@H](c1ccccc1OC)N(C(C)=O)c1ccc(C)cc1-2. The number of thioether (sulfide) groups is 1. The number of para-hydroxylation sites is 1. The molecule has 0 fully saturated rings. The number of hydrogen-bond donors (Lipinski definition) is 0. The third-order valence-electron chi connectivity index (χ3n) is 4.78.